The Labute approximate surface area is 151 Å². The minimum absolute atomic E-state index is 0.323. The molecule has 3 heterocycles. The summed E-state index contributed by atoms with van der Waals surface area (Å²) in [5.74, 6) is 0. The Hall–Kier alpha value is -1.80. The number of fused-ring (bicyclic) bond motifs is 2. The van der Waals surface area contributed by atoms with E-state index in [2.05, 4.69) is 0 Å². The van der Waals surface area contributed by atoms with E-state index in [-0.39, 0.29) is 0 Å². The molecule has 6 heteroatoms. The van der Waals surface area contributed by atoms with Crippen molar-refractivity contribution in [2.24, 2.45) is 0 Å². The molecule has 0 amide bonds. The molecule has 1 N–H and O–H groups in total. The first-order valence-electron chi connectivity index (χ1n) is 8.81. The number of aliphatic hydroxyl groups is 1. The van der Waals surface area contributed by atoms with Gasteiger partial charge in [-0.15, -0.1) is 0 Å². The summed E-state index contributed by atoms with van der Waals surface area (Å²) < 4.78 is 29.6. The molecule has 6 nitrogen and oxygen atoms in total. The largest absolute Gasteiger partial charge is 0.387 e. The molecule has 0 radical (unpaired) electrons. The molecule has 0 spiro atoms. The average molecular weight is 356 g/mol. The van der Waals surface area contributed by atoms with Crippen molar-refractivity contribution >= 4 is 0 Å². The molecule has 0 saturated carbocycles. The zero-order chi connectivity index (χ0) is 17.5. The molecular weight excluding hydrogens is 336 g/mol. The summed E-state index contributed by atoms with van der Waals surface area (Å²) in [6, 6.07) is 19.3. The van der Waals surface area contributed by atoms with Crippen LogP contribution in [0.1, 0.15) is 23.7 Å². The third kappa shape index (κ3) is 2.85. The molecule has 0 bridgehead atoms. The van der Waals surface area contributed by atoms with Crippen molar-refractivity contribution < 1.29 is 28.8 Å². The van der Waals surface area contributed by atoms with E-state index in [0.29, 0.717) is 6.61 Å². The van der Waals surface area contributed by atoms with Gasteiger partial charge in [0, 0.05) is 11.1 Å². The van der Waals surface area contributed by atoms with Crippen LogP contribution in [0.15, 0.2) is 60.7 Å². The Morgan fingerprint density at radius 2 is 1.31 bits per heavy atom. The number of ether oxygens (including phenoxy) is 5. The fourth-order valence-corrected chi connectivity index (χ4v) is 3.66. The van der Waals surface area contributed by atoms with Gasteiger partial charge in [0.05, 0.1) is 6.61 Å². The van der Waals surface area contributed by atoms with Crippen LogP contribution in [0.3, 0.4) is 0 Å². The number of benzene rings is 2. The molecular formula is C20H20O6. The summed E-state index contributed by atoms with van der Waals surface area (Å²) in [6.07, 6.45) is -4.13. The van der Waals surface area contributed by atoms with E-state index < -0.39 is 43.3 Å². The molecule has 3 aliphatic rings. The maximum absolute atomic E-state index is 10.8. The maximum Gasteiger partial charge on any atom is 0.190 e. The smallest absolute Gasteiger partial charge is 0.190 e. The minimum Gasteiger partial charge on any atom is -0.387 e. The average Bonchev–Trinajstić information content (AvgIpc) is 3.14. The second-order valence-electron chi connectivity index (χ2n) is 6.69. The van der Waals surface area contributed by atoms with Crippen LogP contribution in [0.2, 0.25) is 0 Å². The van der Waals surface area contributed by atoms with Crippen LogP contribution in [0, 0.1) is 0 Å². The molecule has 2 aromatic rings. The van der Waals surface area contributed by atoms with Crippen LogP contribution >= 0.6 is 0 Å². The van der Waals surface area contributed by atoms with Gasteiger partial charge in [-0.25, -0.2) is 0 Å². The molecule has 136 valence electrons. The van der Waals surface area contributed by atoms with Crippen LogP contribution in [0.4, 0.5) is 0 Å². The van der Waals surface area contributed by atoms with Gasteiger partial charge < -0.3 is 28.8 Å². The molecule has 0 unspecified atom stereocenters. The van der Waals surface area contributed by atoms with Crippen molar-refractivity contribution in [1.29, 1.82) is 0 Å². The van der Waals surface area contributed by atoms with E-state index in [1.54, 1.807) is 0 Å². The highest BCUT2D eigenvalue weighted by Gasteiger charge is 2.54. The van der Waals surface area contributed by atoms with Crippen LogP contribution in [0.25, 0.3) is 0 Å². The Bertz CT molecular complexity index is 701. The van der Waals surface area contributed by atoms with Crippen LogP contribution in [0.5, 0.6) is 0 Å². The normalized spacial score (nSPS) is 39.2. The predicted octanol–water partition coefficient (Wildman–Crippen LogP) is 2.30. The van der Waals surface area contributed by atoms with Crippen molar-refractivity contribution in [2.45, 2.75) is 43.3 Å². The molecule has 0 aromatic heterocycles. The monoisotopic (exact) mass is 356 g/mol. The van der Waals surface area contributed by atoms with Gasteiger partial charge >= 0.3 is 0 Å². The van der Waals surface area contributed by atoms with Crippen LogP contribution < -0.4 is 0 Å². The number of rotatable bonds is 2. The third-order valence-corrected chi connectivity index (χ3v) is 4.99. The zero-order valence-corrected chi connectivity index (χ0v) is 14.0. The molecule has 3 fully saturated rings. The number of hydrogen-bond acceptors (Lipinski definition) is 6. The maximum atomic E-state index is 10.8. The highest BCUT2D eigenvalue weighted by atomic mass is 16.8. The first-order valence-corrected chi connectivity index (χ1v) is 8.81. The van der Waals surface area contributed by atoms with Crippen LogP contribution in [-0.4, -0.2) is 42.4 Å². The van der Waals surface area contributed by atoms with E-state index >= 15 is 0 Å². The molecule has 7 atom stereocenters. The van der Waals surface area contributed by atoms with Crippen LogP contribution in [-0.2, 0) is 23.7 Å². The molecule has 3 aliphatic heterocycles. The molecule has 2 aromatic carbocycles. The van der Waals surface area contributed by atoms with Gasteiger partial charge in [0.25, 0.3) is 0 Å². The Kier molecular flexibility index (Phi) is 4.24. The van der Waals surface area contributed by atoms with Crippen molar-refractivity contribution in [1.82, 2.24) is 0 Å². The lowest BCUT2D eigenvalue weighted by Gasteiger charge is -2.44. The van der Waals surface area contributed by atoms with Crippen molar-refractivity contribution in [3.05, 3.63) is 71.8 Å². The van der Waals surface area contributed by atoms with Crippen molar-refractivity contribution in [3.8, 4) is 0 Å². The second-order valence-corrected chi connectivity index (χ2v) is 6.69. The first-order chi connectivity index (χ1) is 12.8. The van der Waals surface area contributed by atoms with Crippen molar-refractivity contribution in [2.75, 3.05) is 6.61 Å². The van der Waals surface area contributed by atoms with Gasteiger partial charge in [-0.3, -0.25) is 0 Å². The summed E-state index contributed by atoms with van der Waals surface area (Å²) in [5.41, 5.74) is 1.80. The Morgan fingerprint density at radius 1 is 0.692 bits per heavy atom. The fraction of sp³-hybridized carbons (Fsp3) is 0.400. The van der Waals surface area contributed by atoms with Gasteiger partial charge in [-0.1, -0.05) is 60.7 Å². The third-order valence-electron chi connectivity index (χ3n) is 4.99. The number of aliphatic hydroxyl groups excluding tert-OH is 1. The summed E-state index contributed by atoms with van der Waals surface area (Å²) in [5, 5.41) is 10.8. The lowest BCUT2D eigenvalue weighted by Crippen LogP contribution is -2.60. The summed E-state index contributed by atoms with van der Waals surface area (Å²) in [4.78, 5) is 0. The SMILES string of the molecule is O[C@H]1[C@H]2O[C@H](c3ccccc3)O[C@H]2O[C@H]2CO[C@@H](c3ccccc3)O[C@@H]12. The summed E-state index contributed by atoms with van der Waals surface area (Å²) in [6.45, 7) is 0.323. The lowest BCUT2D eigenvalue weighted by molar-refractivity contribution is -0.338. The van der Waals surface area contributed by atoms with E-state index in [9.17, 15) is 5.11 Å². The fourth-order valence-electron chi connectivity index (χ4n) is 3.66. The highest BCUT2D eigenvalue weighted by Crippen LogP contribution is 2.41. The molecule has 0 aliphatic carbocycles. The topological polar surface area (TPSA) is 66.4 Å². The van der Waals surface area contributed by atoms with Gasteiger partial charge in [-0.2, -0.15) is 0 Å². The van der Waals surface area contributed by atoms with Gasteiger partial charge in [0.15, 0.2) is 18.9 Å². The number of hydrogen-bond donors (Lipinski definition) is 1. The lowest BCUT2D eigenvalue weighted by atomic mass is 9.98. The van der Waals surface area contributed by atoms with Gasteiger partial charge in [0.2, 0.25) is 0 Å². The van der Waals surface area contributed by atoms with Crippen molar-refractivity contribution in [3.63, 3.8) is 0 Å². The van der Waals surface area contributed by atoms with E-state index in [4.69, 9.17) is 23.7 Å². The summed E-state index contributed by atoms with van der Waals surface area (Å²) >= 11 is 0. The quantitative estimate of drug-likeness (QED) is 0.891. The minimum atomic E-state index is -0.859. The Morgan fingerprint density at radius 3 is 2.00 bits per heavy atom. The standard InChI is InChI=1S/C20H20O6/c21-15-16-14(11-22-18(24-16)12-7-3-1-4-8-12)23-20-17(15)25-19(26-20)13-9-5-2-6-10-13/h1-10,14-21H,11H2/t14-,15+,16+,17+,18+,19-,20+/m0/s1. The van der Waals surface area contributed by atoms with E-state index in [1.165, 1.54) is 0 Å². The van der Waals surface area contributed by atoms with E-state index in [0.717, 1.165) is 11.1 Å². The molecule has 26 heavy (non-hydrogen) atoms. The Balaban J connectivity index is 1.33. The van der Waals surface area contributed by atoms with Gasteiger partial charge in [-0.05, 0) is 0 Å². The summed E-state index contributed by atoms with van der Waals surface area (Å²) in [7, 11) is 0. The zero-order valence-electron chi connectivity index (χ0n) is 14.0. The van der Waals surface area contributed by atoms with E-state index in [1.807, 2.05) is 60.7 Å². The predicted molar refractivity (Wildman–Crippen MR) is 89.8 cm³/mol. The second kappa shape index (κ2) is 6.74. The first kappa shape index (κ1) is 16.4. The molecule has 5 rings (SSSR count). The van der Waals surface area contributed by atoms with Gasteiger partial charge in [0.1, 0.15) is 24.4 Å². The molecule has 3 saturated heterocycles. The highest BCUT2D eigenvalue weighted by molar-refractivity contribution is 5.18.